The molecular formula is C17H23Cl2STi. The van der Waals surface area contributed by atoms with Crippen LogP contribution in [0.2, 0.25) is 0 Å². The third-order valence-corrected chi connectivity index (χ3v) is 6.62. The first-order valence-electron chi connectivity index (χ1n) is 7.17. The van der Waals surface area contributed by atoms with Crippen molar-refractivity contribution in [3.63, 3.8) is 0 Å². The van der Waals surface area contributed by atoms with Gasteiger partial charge in [0.1, 0.15) is 0 Å². The molecule has 0 aromatic heterocycles. The molecule has 0 saturated heterocycles. The second-order valence-electron chi connectivity index (χ2n) is 5.61. The Morgan fingerprint density at radius 3 is 2.52 bits per heavy atom. The van der Waals surface area contributed by atoms with E-state index in [0.29, 0.717) is 4.75 Å². The normalized spacial score (nSPS) is 24.2. The zero-order chi connectivity index (χ0) is 13.9. The summed E-state index contributed by atoms with van der Waals surface area (Å²) in [6.45, 7) is 6.83. The summed E-state index contributed by atoms with van der Waals surface area (Å²) in [5.74, 6) is 1.26. The SMILES string of the molecule is CCCSC1(CC2=[C]([Ti+2])CC=C2)CC=C(C)C=C1C.[Cl-].[Cl-]. The molecule has 0 heterocycles. The van der Waals surface area contributed by atoms with Gasteiger partial charge in [0.25, 0.3) is 0 Å². The van der Waals surface area contributed by atoms with E-state index in [0.717, 1.165) is 6.42 Å². The minimum Gasteiger partial charge on any atom is -1.00 e. The fourth-order valence-electron chi connectivity index (χ4n) is 2.78. The molecule has 0 amide bonds. The van der Waals surface area contributed by atoms with Crippen LogP contribution in [0.15, 0.2) is 44.9 Å². The molecule has 21 heavy (non-hydrogen) atoms. The number of allylic oxidation sites excluding steroid dienone is 7. The molecule has 0 N–H and O–H groups in total. The van der Waals surface area contributed by atoms with Gasteiger partial charge in [0.2, 0.25) is 0 Å². The largest absolute Gasteiger partial charge is 1.00 e. The molecule has 4 heteroatoms. The second-order valence-corrected chi connectivity index (χ2v) is 8.03. The molecule has 2 aliphatic carbocycles. The van der Waals surface area contributed by atoms with Gasteiger partial charge in [-0.05, 0) is 0 Å². The summed E-state index contributed by atoms with van der Waals surface area (Å²) < 4.78 is 1.87. The monoisotopic (exact) mass is 377 g/mol. The van der Waals surface area contributed by atoms with Crippen molar-refractivity contribution in [3.8, 4) is 0 Å². The van der Waals surface area contributed by atoms with Gasteiger partial charge in [-0.2, -0.15) is 0 Å². The quantitative estimate of drug-likeness (QED) is 0.572. The van der Waals surface area contributed by atoms with Crippen LogP contribution in [0.25, 0.3) is 0 Å². The maximum absolute atomic E-state index is 2.42. The molecular weight excluding hydrogens is 355 g/mol. The molecule has 0 aromatic carbocycles. The fourth-order valence-corrected chi connectivity index (χ4v) is 4.57. The van der Waals surface area contributed by atoms with Crippen LogP contribution in [-0.4, -0.2) is 10.5 Å². The van der Waals surface area contributed by atoms with Gasteiger partial charge in [0.05, 0.1) is 0 Å². The zero-order valence-corrected chi connectivity index (χ0v) is 16.9. The molecule has 0 nitrogen and oxygen atoms in total. The molecule has 0 spiro atoms. The first kappa shape index (κ1) is 21.6. The van der Waals surface area contributed by atoms with Gasteiger partial charge in [0, 0.05) is 0 Å². The number of hydrogen-bond donors (Lipinski definition) is 0. The van der Waals surface area contributed by atoms with E-state index in [1.165, 1.54) is 30.6 Å². The van der Waals surface area contributed by atoms with Gasteiger partial charge in [-0.15, -0.1) is 0 Å². The molecule has 0 bridgehead atoms. The Balaban J connectivity index is 0.00000200. The van der Waals surface area contributed by atoms with E-state index in [4.69, 9.17) is 0 Å². The van der Waals surface area contributed by atoms with Crippen molar-refractivity contribution >= 4 is 11.8 Å². The van der Waals surface area contributed by atoms with E-state index in [9.17, 15) is 0 Å². The topological polar surface area (TPSA) is 0 Å². The number of thioether (sulfide) groups is 1. The Morgan fingerprint density at radius 1 is 1.29 bits per heavy atom. The Labute approximate surface area is 158 Å². The summed E-state index contributed by atoms with van der Waals surface area (Å²) in [7, 11) is 0. The van der Waals surface area contributed by atoms with Gasteiger partial charge in [-0.25, -0.2) is 0 Å². The van der Waals surface area contributed by atoms with Crippen molar-refractivity contribution in [2.45, 2.75) is 51.2 Å². The molecule has 115 valence electrons. The van der Waals surface area contributed by atoms with Crippen molar-refractivity contribution in [3.05, 3.63) is 44.9 Å². The van der Waals surface area contributed by atoms with Crippen LogP contribution in [0.3, 0.4) is 0 Å². The van der Waals surface area contributed by atoms with Crippen LogP contribution in [0, 0.1) is 0 Å². The van der Waals surface area contributed by atoms with Crippen LogP contribution in [-0.2, 0) is 20.4 Å². The number of halogens is 2. The number of hydrogen-bond acceptors (Lipinski definition) is 1. The smallest absolute Gasteiger partial charge is 1.00 e. The van der Waals surface area contributed by atoms with E-state index in [1.807, 2.05) is 0 Å². The third kappa shape index (κ3) is 5.32. The summed E-state index contributed by atoms with van der Waals surface area (Å²) in [4.78, 5) is 0. The summed E-state index contributed by atoms with van der Waals surface area (Å²) in [5.41, 5.74) is 4.56. The third-order valence-electron chi connectivity index (χ3n) is 4.00. The Hall–Kier alpha value is 0.604. The van der Waals surface area contributed by atoms with E-state index < -0.39 is 0 Å². The van der Waals surface area contributed by atoms with E-state index in [-0.39, 0.29) is 24.8 Å². The van der Waals surface area contributed by atoms with Crippen LogP contribution in [0.4, 0.5) is 0 Å². The Bertz CT molecular complexity index is 477. The van der Waals surface area contributed by atoms with Crippen molar-refractivity contribution in [2.75, 3.05) is 5.75 Å². The van der Waals surface area contributed by atoms with E-state index in [1.54, 1.807) is 15.0 Å². The molecule has 0 fully saturated rings. The molecule has 0 radical (unpaired) electrons. The molecule has 0 saturated carbocycles. The van der Waals surface area contributed by atoms with Crippen LogP contribution in [0.5, 0.6) is 0 Å². The van der Waals surface area contributed by atoms with Gasteiger partial charge < -0.3 is 24.8 Å². The summed E-state index contributed by atoms with van der Waals surface area (Å²) in [6.07, 6.45) is 14.3. The maximum Gasteiger partial charge on any atom is -1.00 e. The van der Waals surface area contributed by atoms with E-state index >= 15 is 0 Å². The molecule has 1 unspecified atom stereocenters. The maximum atomic E-state index is 2.42. The average molecular weight is 378 g/mol. The van der Waals surface area contributed by atoms with Crippen LogP contribution >= 0.6 is 11.8 Å². The van der Waals surface area contributed by atoms with Crippen LogP contribution < -0.4 is 24.8 Å². The summed E-state index contributed by atoms with van der Waals surface area (Å²) in [5, 5.41) is 0. The minimum absolute atomic E-state index is 0. The first-order valence-corrected chi connectivity index (χ1v) is 8.94. The van der Waals surface area contributed by atoms with Gasteiger partial charge in [-0.1, -0.05) is 0 Å². The molecule has 0 aromatic rings. The van der Waals surface area contributed by atoms with Gasteiger partial charge in [0.15, 0.2) is 0 Å². The molecule has 1 atom stereocenters. The van der Waals surface area contributed by atoms with Gasteiger partial charge >= 0.3 is 134 Å². The number of rotatable bonds is 5. The van der Waals surface area contributed by atoms with Crippen molar-refractivity contribution in [1.29, 1.82) is 0 Å². The molecule has 2 aliphatic rings. The average Bonchev–Trinajstić information content (AvgIpc) is 2.77. The Kier molecular flexibility index (Phi) is 9.96. The molecule has 2 rings (SSSR count). The van der Waals surface area contributed by atoms with E-state index in [2.05, 4.69) is 77.3 Å². The summed E-state index contributed by atoms with van der Waals surface area (Å²) in [6, 6.07) is 0. The first-order chi connectivity index (χ1) is 9.07. The Morgan fingerprint density at radius 2 is 2.00 bits per heavy atom. The minimum atomic E-state index is 0. The fraction of sp³-hybridized carbons (Fsp3) is 0.529. The van der Waals surface area contributed by atoms with Crippen molar-refractivity contribution in [2.24, 2.45) is 0 Å². The predicted molar refractivity (Wildman–Crippen MR) is 83.0 cm³/mol. The second kappa shape index (κ2) is 9.68. The van der Waals surface area contributed by atoms with Crippen molar-refractivity contribution in [1.82, 2.24) is 0 Å². The van der Waals surface area contributed by atoms with Crippen molar-refractivity contribution < 1.29 is 45.2 Å². The van der Waals surface area contributed by atoms with Gasteiger partial charge in [-0.3, -0.25) is 0 Å². The summed E-state index contributed by atoms with van der Waals surface area (Å²) >= 11 is 4.45. The molecule has 0 aliphatic heterocycles. The standard InChI is InChI=1S/C17H23S.2ClH.Ti/c1-4-11-18-17(13-16-7-5-6-8-16)10-9-14(2)12-15(17)3;;;/h5,7,9,12H,4,6,10-11,13H2,1-3H3;2*1H;/q;;;+2/p-2. The predicted octanol–water partition coefficient (Wildman–Crippen LogP) is -0.676. The van der Waals surface area contributed by atoms with Crippen LogP contribution in [0.1, 0.15) is 46.5 Å². The zero-order valence-electron chi connectivity index (χ0n) is 13.0.